The molecule has 1 nitrogen and oxygen atoms in total. The van der Waals surface area contributed by atoms with Crippen LogP contribution in [-0.4, -0.2) is 16.8 Å². The van der Waals surface area contributed by atoms with Gasteiger partial charge in [-0.05, 0) is 20.1 Å². The van der Waals surface area contributed by atoms with Gasteiger partial charge in [0.1, 0.15) is 5.78 Å². The highest BCUT2D eigenvalue weighted by Gasteiger charge is 2.24. The van der Waals surface area contributed by atoms with Gasteiger partial charge in [0.2, 0.25) is 0 Å². The maximum absolute atomic E-state index is 11.3. The van der Waals surface area contributed by atoms with E-state index in [-0.39, 0.29) is 10.5 Å². The molecule has 0 aromatic rings. The molecule has 0 saturated carbocycles. The molecule has 0 fully saturated rings. The summed E-state index contributed by atoms with van der Waals surface area (Å²) in [5, 5.41) is 0. The van der Waals surface area contributed by atoms with E-state index < -0.39 is 0 Å². The Morgan fingerprint density at radius 2 is 2.18 bits per heavy atom. The molecule has 11 heavy (non-hydrogen) atoms. The zero-order valence-electron chi connectivity index (χ0n) is 7.31. The number of hydrogen-bond acceptors (Lipinski definition) is 2. The smallest absolute Gasteiger partial charge is 0.149 e. The van der Waals surface area contributed by atoms with Crippen LogP contribution in [0.15, 0.2) is 0 Å². The van der Waals surface area contributed by atoms with E-state index in [0.29, 0.717) is 12.8 Å². The van der Waals surface area contributed by atoms with Crippen molar-refractivity contribution in [2.24, 2.45) is 0 Å². The Hall–Kier alpha value is -0.420. The summed E-state index contributed by atoms with van der Waals surface area (Å²) in [4.78, 5) is 11.3. The van der Waals surface area contributed by atoms with E-state index in [1.165, 1.54) is 0 Å². The first-order chi connectivity index (χ1) is 5.04. The van der Waals surface area contributed by atoms with Gasteiger partial charge in [0, 0.05) is 12.8 Å². The van der Waals surface area contributed by atoms with E-state index in [2.05, 4.69) is 5.92 Å². The van der Waals surface area contributed by atoms with Gasteiger partial charge in [-0.15, -0.1) is 12.3 Å². The van der Waals surface area contributed by atoms with Gasteiger partial charge < -0.3 is 0 Å². The molecule has 0 unspecified atom stereocenters. The molecule has 0 aliphatic carbocycles. The molecule has 0 spiro atoms. The molecule has 0 radical (unpaired) electrons. The van der Waals surface area contributed by atoms with Crippen LogP contribution in [0, 0.1) is 12.3 Å². The third-order valence-corrected chi connectivity index (χ3v) is 2.93. The van der Waals surface area contributed by atoms with Gasteiger partial charge in [-0.3, -0.25) is 4.79 Å². The van der Waals surface area contributed by atoms with Crippen molar-refractivity contribution in [3.05, 3.63) is 0 Å². The summed E-state index contributed by atoms with van der Waals surface area (Å²) >= 11 is 1.57. The minimum absolute atomic E-state index is 0.239. The van der Waals surface area contributed by atoms with E-state index in [1.54, 1.807) is 11.8 Å². The minimum atomic E-state index is -0.267. The van der Waals surface area contributed by atoms with Crippen LogP contribution in [0.3, 0.4) is 0 Å². The standard InChI is InChI=1S/C9H14OS/c1-5-6-7-8(10)9(2,3)11-4/h1H,6-7H2,2-4H3. The lowest BCUT2D eigenvalue weighted by Crippen LogP contribution is -2.26. The van der Waals surface area contributed by atoms with Crippen molar-refractivity contribution in [2.45, 2.75) is 31.4 Å². The summed E-state index contributed by atoms with van der Waals surface area (Å²) in [5.74, 6) is 2.70. The first-order valence-electron chi connectivity index (χ1n) is 3.56. The van der Waals surface area contributed by atoms with Crippen LogP contribution in [-0.2, 0) is 4.79 Å². The van der Waals surface area contributed by atoms with Crippen molar-refractivity contribution in [3.8, 4) is 12.3 Å². The average molecular weight is 170 g/mol. The zero-order valence-corrected chi connectivity index (χ0v) is 8.12. The normalized spacial score (nSPS) is 10.7. The second kappa shape index (κ2) is 4.46. The van der Waals surface area contributed by atoms with Crippen LogP contribution in [0.25, 0.3) is 0 Å². The summed E-state index contributed by atoms with van der Waals surface area (Å²) in [6, 6.07) is 0. The van der Waals surface area contributed by atoms with Gasteiger partial charge in [-0.25, -0.2) is 0 Å². The molecule has 0 N–H and O–H groups in total. The molecule has 0 rings (SSSR count). The Labute approximate surface area is 72.9 Å². The highest BCUT2D eigenvalue weighted by atomic mass is 32.2. The molecule has 62 valence electrons. The SMILES string of the molecule is C#CCCC(=O)C(C)(C)SC. The zero-order chi connectivity index (χ0) is 8.91. The van der Waals surface area contributed by atoms with Crippen molar-refractivity contribution in [1.82, 2.24) is 0 Å². The fraction of sp³-hybridized carbons (Fsp3) is 0.667. The van der Waals surface area contributed by atoms with Gasteiger partial charge >= 0.3 is 0 Å². The molecular weight excluding hydrogens is 156 g/mol. The molecule has 0 aromatic carbocycles. The Morgan fingerprint density at radius 1 is 1.64 bits per heavy atom. The lowest BCUT2D eigenvalue weighted by molar-refractivity contribution is -0.120. The van der Waals surface area contributed by atoms with Gasteiger partial charge in [0.15, 0.2) is 0 Å². The van der Waals surface area contributed by atoms with Crippen molar-refractivity contribution >= 4 is 17.5 Å². The third kappa shape index (κ3) is 3.48. The topological polar surface area (TPSA) is 17.1 Å². The third-order valence-electron chi connectivity index (χ3n) is 1.68. The highest BCUT2D eigenvalue weighted by Crippen LogP contribution is 2.23. The fourth-order valence-corrected chi connectivity index (χ4v) is 0.930. The number of terminal acetylenes is 1. The number of rotatable bonds is 4. The van der Waals surface area contributed by atoms with Crippen molar-refractivity contribution in [2.75, 3.05) is 6.26 Å². The maximum Gasteiger partial charge on any atom is 0.149 e. The summed E-state index contributed by atoms with van der Waals surface area (Å²) in [6.45, 7) is 3.85. The highest BCUT2D eigenvalue weighted by molar-refractivity contribution is 8.00. The minimum Gasteiger partial charge on any atom is -0.298 e. The van der Waals surface area contributed by atoms with E-state index in [9.17, 15) is 4.79 Å². The fourth-order valence-electron chi connectivity index (χ4n) is 0.601. The molecule has 0 amide bonds. The Balaban J connectivity index is 3.94. The molecule has 0 atom stereocenters. The average Bonchev–Trinajstić information content (AvgIpc) is 2.00. The maximum atomic E-state index is 11.3. The lowest BCUT2D eigenvalue weighted by atomic mass is 10.0. The van der Waals surface area contributed by atoms with Crippen LogP contribution in [0.4, 0.5) is 0 Å². The predicted octanol–water partition coefficient (Wildman–Crippen LogP) is 2.11. The second-order valence-electron chi connectivity index (χ2n) is 2.84. The molecule has 2 heteroatoms. The van der Waals surface area contributed by atoms with E-state index in [0.717, 1.165) is 0 Å². The molecule has 0 aliphatic rings. The van der Waals surface area contributed by atoms with Gasteiger partial charge in [0.25, 0.3) is 0 Å². The number of Topliss-reactive ketones (excluding diaryl/α,β-unsaturated/α-hetero) is 1. The Bertz CT molecular complexity index is 176. The molecule has 0 aromatic heterocycles. The van der Waals surface area contributed by atoms with Crippen molar-refractivity contribution in [3.63, 3.8) is 0 Å². The van der Waals surface area contributed by atoms with Crippen LogP contribution in [0.1, 0.15) is 26.7 Å². The first kappa shape index (κ1) is 10.6. The second-order valence-corrected chi connectivity index (χ2v) is 4.27. The summed E-state index contributed by atoms with van der Waals surface area (Å²) < 4.78 is -0.267. The van der Waals surface area contributed by atoms with Gasteiger partial charge in [-0.2, -0.15) is 11.8 Å². The van der Waals surface area contributed by atoms with Crippen LogP contribution < -0.4 is 0 Å². The molecule has 0 heterocycles. The lowest BCUT2D eigenvalue weighted by Gasteiger charge is -2.19. The number of ketones is 1. The largest absolute Gasteiger partial charge is 0.298 e. The van der Waals surface area contributed by atoms with E-state index >= 15 is 0 Å². The first-order valence-corrected chi connectivity index (χ1v) is 4.79. The molecule has 0 saturated heterocycles. The number of carbonyl (C=O) groups excluding carboxylic acids is 1. The van der Waals surface area contributed by atoms with E-state index in [1.807, 2.05) is 20.1 Å². The molecule has 0 aliphatic heterocycles. The van der Waals surface area contributed by atoms with E-state index in [4.69, 9.17) is 6.42 Å². The van der Waals surface area contributed by atoms with Crippen molar-refractivity contribution < 1.29 is 4.79 Å². The van der Waals surface area contributed by atoms with Crippen LogP contribution in [0.5, 0.6) is 0 Å². The Morgan fingerprint density at radius 3 is 2.55 bits per heavy atom. The predicted molar refractivity (Wildman–Crippen MR) is 50.7 cm³/mol. The number of carbonyl (C=O) groups is 1. The Kier molecular flexibility index (Phi) is 4.29. The summed E-state index contributed by atoms with van der Waals surface area (Å²) in [5.41, 5.74) is 0. The number of thioether (sulfide) groups is 1. The molecular formula is C9H14OS. The number of hydrogen-bond donors (Lipinski definition) is 0. The summed E-state index contributed by atoms with van der Waals surface area (Å²) in [7, 11) is 0. The van der Waals surface area contributed by atoms with Crippen molar-refractivity contribution in [1.29, 1.82) is 0 Å². The van der Waals surface area contributed by atoms with Crippen LogP contribution in [0.2, 0.25) is 0 Å². The van der Waals surface area contributed by atoms with Gasteiger partial charge in [0.05, 0.1) is 4.75 Å². The summed E-state index contributed by atoms with van der Waals surface area (Å²) in [6.07, 6.45) is 8.05. The quantitative estimate of drug-likeness (QED) is 0.601. The van der Waals surface area contributed by atoms with Gasteiger partial charge in [-0.1, -0.05) is 0 Å². The molecule has 0 bridgehead atoms. The van der Waals surface area contributed by atoms with Crippen LogP contribution >= 0.6 is 11.8 Å². The monoisotopic (exact) mass is 170 g/mol.